The van der Waals surface area contributed by atoms with Gasteiger partial charge in [-0.1, -0.05) is 45.0 Å². The number of carbonyl (C=O) groups is 2. The predicted molar refractivity (Wildman–Crippen MR) is 140 cm³/mol. The summed E-state index contributed by atoms with van der Waals surface area (Å²) in [5.41, 5.74) is 1.87. The van der Waals surface area contributed by atoms with Crippen molar-refractivity contribution in [2.24, 2.45) is 5.41 Å². The van der Waals surface area contributed by atoms with E-state index in [1.54, 1.807) is 9.47 Å². The zero-order valence-corrected chi connectivity index (χ0v) is 22.5. The van der Waals surface area contributed by atoms with Crippen molar-refractivity contribution in [1.82, 2.24) is 24.7 Å². The molecule has 206 valence electrons. The Morgan fingerprint density at radius 1 is 0.949 bits per heavy atom. The van der Waals surface area contributed by atoms with Crippen molar-refractivity contribution >= 4 is 11.8 Å². The zero-order valence-electron chi connectivity index (χ0n) is 22.5. The molecule has 2 aromatic carbocycles. The molecule has 0 radical (unpaired) electrons. The third-order valence-electron chi connectivity index (χ3n) is 7.42. The minimum Gasteiger partial charge on any atom is -0.338 e. The van der Waals surface area contributed by atoms with E-state index in [1.165, 1.54) is 0 Å². The number of nitrogens with one attached hydrogen (secondary N) is 1. The molecule has 5 rings (SSSR count). The number of rotatable bonds is 4. The average Bonchev–Trinajstić information content (AvgIpc) is 3.40. The van der Waals surface area contributed by atoms with E-state index in [-0.39, 0.29) is 23.0 Å². The van der Waals surface area contributed by atoms with Gasteiger partial charge in [0.15, 0.2) is 17.3 Å². The standard InChI is InChI=1S/C29H32F3N5O2/c1-29(2,3)25(28(39)36-14-17-8-5-6-9-18(17)15-36)34-27(38)24-23-16-35(4)10-7-11-37(23)26(33-24)19-12-21(31)22(32)13-20(19)30/h5-6,8-9,12-13,25H,7,10-11,14-16H2,1-4H3,(H,34,38). The molecule has 10 heteroatoms. The highest BCUT2D eigenvalue weighted by atomic mass is 19.2. The quantitative estimate of drug-likeness (QED) is 0.496. The van der Waals surface area contributed by atoms with Crippen LogP contribution in [0.3, 0.4) is 0 Å². The summed E-state index contributed by atoms with van der Waals surface area (Å²) in [5.74, 6) is -4.20. The molecule has 0 bridgehead atoms. The number of hydrogen-bond donors (Lipinski definition) is 1. The number of fused-ring (bicyclic) bond motifs is 2. The van der Waals surface area contributed by atoms with E-state index in [4.69, 9.17) is 0 Å². The van der Waals surface area contributed by atoms with Gasteiger partial charge >= 0.3 is 0 Å². The lowest BCUT2D eigenvalue weighted by atomic mass is 9.85. The van der Waals surface area contributed by atoms with Gasteiger partial charge in [0.1, 0.15) is 17.7 Å². The summed E-state index contributed by atoms with van der Waals surface area (Å²) in [6.45, 7) is 8.04. The van der Waals surface area contributed by atoms with Gasteiger partial charge in [0, 0.05) is 32.2 Å². The van der Waals surface area contributed by atoms with E-state index in [1.807, 2.05) is 57.0 Å². The summed E-state index contributed by atoms with van der Waals surface area (Å²) < 4.78 is 44.3. The summed E-state index contributed by atoms with van der Waals surface area (Å²) >= 11 is 0. The normalized spacial score (nSPS) is 16.4. The van der Waals surface area contributed by atoms with Crippen LogP contribution in [0.2, 0.25) is 0 Å². The summed E-state index contributed by atoms with van der Waals surface area (Å²) in [6, 6.07) is 8.24. The summed E-state index contributed by atoms with van der Waals surface area (Å²) in [5, 5.41) is 2.91. The van der Waals surface area contributed by atoms with Crippen molar-refractivity contribution < 1.29 is 22.8 Å². The SMILES string of the molecule is CN1CCCn2c(-c3cc(F)c(F)cc3F)nc(C(=O)NC(C(=O)N3Cc4ccccc4C3)C(C)(C)C)c2C1. The maximum atomic E-state index is 14.8. The Morgan fingerprint density at radius 3 is 2.23 bits per heavy atom. The van der Waals surface area contributed by atoms with Crippen molar-refractivity contribution in [1.29, 1.82) is 0 Å². The van der Waals surface area contributed by atoms with Gasteiger partial charge < -0.3 is 19.7 Å². The van der Waals surface area contributed by atoms with Gasteiger partial charge in [-0.15, -0.1) is 0 Å². The van der Waals surface area contributed by atoms with Crippen molar-refractivity contribution in [3.05, 3.63) is 76.4 Å². The Bertz CT molecular complexity index is 1420. The predicted octanol–water partition coefficient (Wildman–Crippen LogP) is 4.49. The Morgan fingerprint density at radius 2 is 1.59 bits per heavy atom. The van der Waals surface area contributed by atoms with Crippen LogP contribution in [0, 0.1) is 22.9 Å². The van der Waals surface area contributed by atoms with E-state index in [0.29, 0.717) is 44.4 Å². The molecule has 1 atom stereocenters. The Labute approximate surface area is 225 Å². The van der Waals surface area contributed by atoms with E-state index in [2.05, 4.69) is 10.3 Å². The fourth-order valence-electron chi connectivity index (χ4n) is 5.32. The number of carbonyl (C=O) groups excluding carboxylic acids is 2. The number of benzene rings is 2. The van der Waals surface area contributed by atoms with Crippen LogP contribution < -0.4 is 5.32 Å². The van der Waals surface area contributed by atoms with Gasteiger partial charge in [0.25, 0.3) is 5.91 Å². The highest BCUT2D eigenvalue weighted by Crippen LogP contribution is 2.31. The minimum atomic E-state index is -1.30. The summed E-state index contributed by atoms with van der Waals surface area (Å²) in [4.78, 5) is 35.7. The van der Waals surface area contributed by atoms with Crippen LogP contribution in [0.15, 0.2) is 36.4 Å². The molecule has 0 aliphatic carbocycles. The third kappa shape index (κ3) is 5.17. The molecule has 0 saturated carbocycles. The molecule has 1 N–H and O–H groups in total. The topological polar surface area (TPSA) is 70.5 Å². The molecule has 3 aromatic rings. The van der Waals surface area contributed by atoms with Gasteiger partial charge in [-0.25, -0.2) is 18.2 Å². The van der Waals surface area contributed by atoms with Crippen molar-refractivity contribution in [3.8, 4) is 11.4 Å². The second-order valence-electron chi connectivity index (χ2n) is 11.5. The Kier molecular flexibility index (Phi) is 7.00. The lowest BCUT2D eigenvalue weighted by Crippen LogP contribution is -2.53. The van der Waals surface area contributed by atoms with Gasteiger partial charge in [0.2, 0.25) is 5.91 Å². The molecule has 0 saturated heterocycles. The first-order valence-electron chi connectivity index (χ1n) is 13.0. The monoisotopic (exact) mass is 539 g/mol. The molecule has 2 aliphatic rings. The third-order valence-corrected chi connectivity index (χ3v) is 7.42. The number of halogens is 3. The maximum Gasteiger partial charge on any atom is 0.272 e. The molecule has 0 fully saturated rings. The minimum absolute atomic E-state index is 0.0367. The number of aromatic nitrogens is 2. The molecule has 0 spiro atoms. The number of amides is 2. The first-order chi connectivity index (χ1) is 18.4. The van der Waals surface area contributed by atoms with Crippen LogP contribution >= 0.6 is 0 Å². The van der Waals surface area contributed by atoms with Crippen LogP contribution in [0.5, 0.6) is 0 Å². The molecule has 39 heavy (non-hydrogen) atoms. The van der Waals surface area contributed by atoms with Gasteiger partial charge in [-0.2, -0.15) is 0 Å². The summed E-state index contributed by atoms with van der Waals surface area (Å²) in [6.07, 6.45) is 0.692. The number of hydrogen-bond acceptors (Lipinski definition) is 4. The van der Waals surface area contributed by atoms with Gasteiger partial charge in [-0.05, 0) is 42.6 Å². The molecular weight excluding hydrogens is 507 g/mol. The van der Waals surface area contributed by atoms with E-state index < -0.39 is 34.8 Å². The van der Waals surface area contributed by atoms with Crippen LogP contribution in [0.1, 0.15) is 54.5 Å². The number of imidazole rings is 1. The molecule has 2 aliphatic heterocycles. The van der Waals surface area contributed by atoms with E-state index >= 15 is 0 Å². The molecule has 1 aromatic heterocycles. The second-order valence-corrected chi connectivity index (χ2v) is 11.5. The largest absolute Gasteiger partial charge is 0.338 e. The fourth-order valence-corrected chi connectivity index (χ4v) is 5.32. The van der Waals surface area contributed by atoms with E-state index in [9.17, 15) is 22.8 Å². The number of nitrogens with zero attached hydrogens (tertiary/aromatic N) is 4. The van der Waals surface area contributed by atoms with Crippen LogP contribution in [-0.4, -0.2) is 50.8 Å². The smallest absolute Gasteiger partial charge is 0.272 e. The second kappa shape index (κ2) is 10.1. The zero-order chi connectivity index (χ0) is 28.1. The van der Waals surface area contributed by atoms with Crippen molar-refractivity contribution in [2.45, 2.75) is 59.4 Å². The van der Waals surface area contributed by atoms with Crippen LogP contribution in [-0.2, 0) is 31.0 Å². The van der Waals surface area contributed by atoms with Gasteiger partial charge in [-0.3, -0.25) is 9.59 Å². The van der Waals surface area contributed by atoms with Crippen molar-refractivity contribution in [2.75, 3.05) is 13.6 Å². The highest BCUT2D eigenvalue weighted by molar-refractivity contribution is 5.98. The molecular formula is C29H32F3N5O2. The Balaban J connectivity index is 1.50. The average molecular weight is 540 g/mol. The summed E-state index contributed by atoms with van der Waals surface area (Å²) in [7, 11) is 1.90. The highest BCUT2D eigenvalue weighted by Gasteiger charge is 2.39. The molecule has 3 heterocycles. The lowest BCUT2D eigenvalue weighted by Gasteiger charge is -2.33. The fraction of sp³-hybridized carbons (Fsp3) is 0.414. The van der Waals surface area contributed by atoms with Crippen molar-refractivity contribution in [3.63, 3.8) is 0 Å². The van der Waals surface area contributed by atoms with E-state index in [0.717, 1.165) is 23.7 Å². The molecule has 2 amide bonds. The van der Waals surface area contributed by atoms with Crippen LogP contribution in [0.25, 0.3) is 11.4 Å². The van der Waals surface area contributed by atoms with Crippen LogP contribution in [0.4, 0.5) is 13.2 Å². The molecule has 1 unspecified atom stereocenters. The Hall–Kier alpha value is -3.66. The maximum absolute atomic E-state index is 14.8. The van der Waals surface area contributed by atoms with Gasteiger partial charge in [0.05, 0.1) is 11.3 Å². The lowest BCUT2D eigenvalue weighted by molar-refractivity contribution is -0.136. The first kappa shape index (κ1) is 26.9. The molecule has 7 nitrogen and oxygen atoms in total. The first-order valence-corrected chi connectivity index (χ1v) is 13.0.